The van der Waals surface area contributed by atoms with Gasteiger partial charge in [0.15, 0.2) is 0 Å². The van der Waals surface area contributed by atoms with Gasteiger partial charge < -0.3 is 9.47 Å². The summed E-state index contributed by atoms with van der Waals surface area (Å²) < 4.78 is 64.5. The van der Waals surface area contributed by atoms with Gasteiger partial charge in [-0.2, -0.15) is 4.31 Å². The molecule has 0 atom stereocenters. The van der Waals surface area contributed by atoms with Gasteiger partial charge in [0.25, 0.3) is 10.0 Å². The average Bonchev–Trinajstić information content (AvgIpc) is 2.68. The zero-order valence-corrected chi connectivity index (χ0v) is 17.8. The molecule has 10 heteroatoms. The molecule has 0 spiro atoms. The van der Waals surface area contributed by atoms with Gasteiger partial charge >= 0.3 is 0 Å². The fourth-order valence-corrected chi connectivity index (χ4v) is 5.31. The second kappa shape index (κ2) is 8.80. The van der Waals surface area contributed by atoms with E-state index in [1.165, 1.54) is 54.9 Å². The van der Waals surface area contributed by atoms with Crippen molar-refractivity contribution in [3.63, 3.8) is 0 Å². The lowest BCUT2D eigenvalue weighted by Gasteiger charge is -2.18. The third-order valence-corrected chi connectivity index (χ3v) is 7.58. The lowest BCUT2D eigenvalue weighted by atomic mass is 10.3. The zero-order valence-electron chi connectivity index (χ0n) is 16.2. The van der Waals surface area contributed by atoms with Gasteiger partial charge in [0.2, 0.25) is 10.0 Å². The van der Waals surface area contributed by atoms with E-state index in [9.17, 15) is 16.8 Å². The summed E-state index contributed by atoms with van der Waals surface area (Å²) >= 11 is 0. The number of nitrogens with one attached hydrogen (secondary N) is 1. The molecule has 28 heavy (non-hydrogen) atoms. The van der Waals surface area contributed by atoms with E-state index >= 15 is 0 Å². The Morgan fingerprint density at radius 3 is 2.00 bits per heavy atom. The number of rotatable bonds is 9. The first-order chi connectivity index (χ1) is 13.2. The van der Waals surface area contributed by atoms with Crippen molar-refractivity contribution >= 4 is 25.7 Å². The Balaban J connectivity index is 2.34. The van der Waals surface area contributed by atoms with E-state index in [1.807, 2.05) is 0 Å². The smallest absolute Gasteiger partial charge is 0.265 e. The van der Waals surface area contributed by atoms with Crippen molar-refractivity contribution in [2.45, 2.75) is 23.6 Å². The van der Waals surface area contributed by atoms with Crippen LogP contribution >= 0.6 is 0 Å². The molecule has 2 aromatic carbocycles. The normalized spacial score (nSPS) is 12.0. The van der Waals surface area contributed by atoms with Gasteiger partial charge in [0, 0.05) is 24.8 Å². The first-order valence-corrected chi connectivity index (χ1v) is 11.5. The molecule has 8 nitrogen and oxygen atoms in total. The van der Waals surface area contributed by atoms with Gasteiger partial charge in [0.1, 0.15) is 16.4 Å². The average molecular weight is 429 g/mol. The monoisotopic (exact) mass is 428 g/mol. The van der Waals surface area contributed by atoms with Crippen molar-refractivity contribution in [2.24, 2.45) is 0 Å². The van der Waals surface area contributed by atoms with Gasteiger partial charge in [-0.15, -0.1) is 0 Å². The van der Waals surface area contributed by atoms with Crippen LogP contribution in [-0.2, 0) is 20.0 Å². The van der Waals surface area contributed by atoms with Crippen molar-refractivity contribution in [3.8, 4) is 11.5 Å². The fourth-order valence-electron chi connectivity index (χ4n) is 2.61. The number of hydrogen-bond acceptors (Lipinski definition) is 6. The molecule has 0 bridgehead atoms. The van der Waals surface area contributed by atoms with E-state index < -0.39 is 20.0 Å². The van der Waals surface area contributed by atoms with E-state index in [0.717, 1.165) is 0 Å². The summed E-state index contributed by atoms with van der Waals surface area (Å²) in [6.45, 7) is 4.21. The van der Waals surface area contributed by atoms with E-state index in [2.05, 4.69) is 4.72 Å². The minimum atomic E-state index is -3.98. The summed E-state index contributed by atoms with van der Waals surface area (Å²) in [5.74, 6) is 0.524. The Bertz CT molecular complexity index is 1010. The Kier molecular flexibility index (Phi) is 6.91. The molecule has 0 aromatic heterocycles. The molecule has 154 valence electrons. The quantitative estimate of drug-likeness (QED) is 0.659. The number of sulfonamides is 2. The van der Waals surface area contributed by atoms with Gasteiger partial charge in [-0.1, -0.05) is 13.8 Å². The van der Waals surface area contributed by atoms with Crippen LogP contribution in [0, 0.1) is 0 Å². The number of benzene rings is 2. The maximum atomic E-state index is 12.8. The van der Waals surface area contributed by atoms with Gasteiger partial charge in [-0.05, 0) is 36.4 Å². The maximum absolute atomic E-state index is 12.8. The molecule has 0 aliphatic rings. The largest absolute Gasteiger partial charge is 0.497 e. The third-order valence-electron chi connectivity index (χ3n) is 4.11. The van der Waals surface area contributed by atoms with Crippen molar-refractivity contribution in [2.75, 3.05) is 32.0 Å². The van der Waals surface area contributed by atoms with E-state index in [4.69, 9.17) is 9.47 Å². The number of anilines is 1. The minimum absolute atomic E-state index is 0.0887. The Morgan fingerprint density at radius 1 is 0.893 bits per heavy atom. The van der Waals surface area contributed by atoms with Crippen LogP contribution in [0.3, 0.4) is 0 Å². The molecular formula is C18H24N2O6S2. The minimum Gasteiger partial charge on any atom is -0.497 e. The molecule has 1 N–H and O–H groups in total. The Morgan fingerprint density at radius 2 is 1.50 bits per heavy atom. The summed E-state index contributed by atoms with van der Waals surface area (Å²) in [7, 11) is -4.79. The SMILES string of the molecule is CCN(CC)S(=O)(=O)c1ccc(NS(=O)(=O)c2cc(OC)ccc2OC)cc1. The first kappa shape index (κ1) is 22.0. The highest BCUT2D eigenvalue weighted by molar-refractivity contribution is 7.92. The summed E-state index contributed by atoms with van der Waals surface area (Å²) in [5.41, 5.74) is 0.225. The highest BCUT2D eigenvalue weighted by Crippen LogP contribution is 2.30. The van der Waals surface area contributed by atoms with Gasteiger partial charge in [-0.25, -0.2) is 16.8 Å². The highest BCUT2D eigenvalue weighted by Gasteiger charge is 2.23. The molecule has 0 aliphatic heterocycles. The lowest BCUT2D eigenvalue weighted by Crippen LogP contribution is -2.30. The van der Waals surface area contributed by atoms with Crippen molar-refractivity contribution in [1.82, 2.24) is 4.31 Å². The van der Waals surface area contributed by atoms with Gasteiger partial charge in [0.05, 0.1) is 19.1 Å². The van der Waals surface area contributed by atoms with Crippen LogP contribution in [0.25, 0.3) is 0 Å². The lowest BCUT2D eigenvalue weighted by molar-refractivity contribution is 0.392. The second-order valence-electron chi connectivity index (χ2n) is 5.74. The molecular weight excluding hydrogens is 404 g/mol. The predicted molar refractivity (Wildman–Crippen MR) is 107 cm³/mol. The van der Waals surface area contributed by atoms with Crippen molar-refractivity contribution in [1.29, 1.82) is 0 Å². The van der Waals surface area contributed by atoms with E-state index in [0.29, 0.717) is 18.8 Å². The van der Waals surface area contributed by atoms with Crippen LogP contribution in [0.15, 0.2) is 52.3 Å². The standard InChI is InChI=1S/C18H24N2O6S2/c1-5-20(6-2)28(23,24)16-10-7-14(8-11-16)19-27(21,22)18-13-15(25-3)9-12-17(18)26-4/h7-13,19H,5-6H2,1-4H3. The van der Waals surface area contributed by atoms with Crippen LogP contribution in [-0.4, -0.2) is 48.4 Å². The summed E-state index contributed by atoms with van der Waals surface area (Å²) in [6, 6.07) is 9.97. The zero-order chi connectivity index (χ0) is 20.9. The molecule has 0 heterocycles. The van der Waals surface area contributed by atoms with Crippen LogP contribution in [0.5, 0.6) is 11.5 Å². The Labute approximate surface area is 166 Å². The number of hydrogen-bond donors (Lipinski definition) is 1. The molecule has 0 saturated heterocycles. The molecule has 0 fully saturated rings. The number of nitrogens with zero attached hydrogens (tertiary/aromatic N) is 1. The molecule has 0 aliphatic carbocycles. The van der Waals surface area contributed by atoms with E-state index in [1.54, 1.807) is 19.9 Å². The molecule has 2 rings (SSSR count). The first-order valence-electron chi connectivity index (χ1n) is 8.54. The summed E-state index contributed by atoms with van der Waals surface area (Å²) in [5, 5.41) is 0. The maximum Gasteiger partial charge on any atom is 0.265 e. The van der Waals surface area contributed by atoms with Crippen LogP contribution in [0.2, 0.25) is 0 Å². The van der Waals surface area contributed by atoms with Crippen LogP contribution in [0.1, 0.15) is 13.8 Å². The van der Waals surface area contributed by atoms with Crippen LogP contribution in [0.4, 0.5) is 5.69 Å². The summed E-state index contributed by atoms with van der Waals surface area (Å²) in [6.07, 6.45) is 0. The summed E-state index contributed by atoms with van der Waals surface area (Å²) in [4.78, 5) is 0.00676. The predicted octanol–water partition coefficient (Wildman–Crippen LogP) is 2.54. The van der Waals surface area contributed by atoms with Gasteiger partial charge in [-0.3, -0.25) is 4.72 Å². The van der Waals surface area contributed by atoms with E-state index in [-0.39, 0.29) is 21.2 Å². The van der Waals surface area contributed by atoms with Crippen molar-refractivity contribution in [3.05, 3.63) is 42.5 Å². The molecule has 0 amide bonds. The molecule has 2 aromatic rings. The number of methoxy groups -OCH3 is 2. The Hall–Kier alpha value is -2.30. The second-order valence-corrected chi connectivity index (χ2v) is 9.32. The van der Waals surface area contributed by atoms with Crippen molar-refractivity contribution < 1.29 is 26.3 Å². The third kappa shape index (κ3) is 4.57. The molecule has 0 radical (unpaired) electrons. The fraction of sp³-hybridized carbons (Fsp3) is 0.333. The number of ether oxygens (including phenoxy) is 2. The molecule has 0 unspecified atom stereocenters. The highest BCUT2D eigenvalue weighted by atomic mass is 32.2. The van der Waals surface area contributed by atoms with Crippen LogP contribution < -0.4 is 14.2 Å². The molecule has 0 saturated carbocycles. The topological polar surface area (TPSA) is 102 Å².